The zero-order valence-electron chi connectivity index (χ0n) is 18.9. The monoisotopic (exact) mass is 532 g/mol. The van der Waals surface area contributed by atoms with Gasteiger partial charge in [-0.15, -0.1) is 11.6 Å². The lowest BCUT2D eigenvalue weighted by Crippen LogP contribution is -2.57. The van der Waals surface area contributed by atoms with Crippen molar-refractivity contribution in [2.24, 2.45) is 11.8 Å². The fourth-order valence-electron chi connectivity index (χ4n) is 4.60. The summed E-state index contributed by atoms with van der Waals surface area (Å²) in [5.74, 6) is -3.21. The number of ketones is 1. The molecule has 4 rings (SSSR count). The van der Waals surface area contributed by atoms with Crippen LogP contribution in [0.5, 0.6) is 0 Å². The van der Waals surface area contributed by atoms with Crippen LogP contribution in [0.3, 0.4) is 0 Å². The second-order valence-electron chi connectivity index (χ2n) is 8.71. The van der Waals surface area contributed by atoms with Crippen LogP contribution < -0.4 is 0 Å². The van der Waals surface area contributed by atoms with E-state index in [0.717, 1.165) is 15.6 Å². The number of imide groups is 1. The SMILES string of the molecule is CC1=CC[C@@H]2C(=O)N(N(C(=O)c3ccc(Cl)cc3)[C@H](CCCl)C(=O)c3ccc(Cl)cc3)C(=O)[C@H]2C1. The minimum Gasteiger partial charge on any atom is -0.292 e. The highest BCUT2D eigenvalue weighted by atomic mass is 35.5. The molecule has 0 bridgehead atoms. The van der Waals surface area contributed by atoms with Crippen LogP contribution in [0.25, 0.3) is 0 Å². The summed E-state index contributed by atoms with van der Waals surface area (Å²) in [4.78, 5) is 54.5. The van der Waals surface area contributed by atoms with E-state index in [1.54, 1.807) is 12.1 Å². The Balaban J connectivity index is 1.80. The van der Waals surface area contributed by atoms with Crippen molar-refractivity contribution in [3.05, 3.63) is 81.4 Å². The number of rotatable bonds is 7. The minimum absolute atomic E-state index is 0.0259. The van der Waals surface area contributed by atoms with E-state index in [1.807, 2.05) is 13.0 Å². The molecule has 0 saturated carbocycles. The number of Topliss-reactive ketones (excluding diaryl/α,β-unsaturated/α-hetero) is 1. The largest absolute Gasteiger partial charge is 0.292 e. The molecule has 2 aromatic rings. The van der Waals surface area contributed by atoms with Crippen molar-refractivity contribution in [3.8, 4) is 0 Å². The van der Waals surface area contributed by atoms with Crippen molar-refractivity contribution in [1.29, 1.82) is 0 Å². The standard InChI is InChI=1S/C26H23Cl3N2O4/c1-15-2-11-20-21(14-15)26(35)31(25(20)34)30(24(33)17-5-9-19(29)10-6-17)22(12-13-27)23(32)16-3-7-18(28)8-4-16/h2-10,20-22H,11-14H2,1H3/t20-,21-,22+/m0/s1. The summed E-state index contributed by atoms with van der Waals surface area (Å²) in [6, 6.07) is 11.1. The Labute approximate surface area is 218 Å². The van der Waals surface area contributed by atoms with Crippen molar-refractivity contribution < 1.29 is 19.2 Å². The second kappa shape index (κ2) is 10.5. The Morgan fingerprint density at radius 1 is 0.943 bits per heavy atom. The van der Waals surface area contributed by atoms with Gasteiger partial charge < -0.3 is 0 Å². The lowest BCUT2D eigenvalue weighted by Gasteiger charge is -2.36. The first kappa shape index (κ1) is 25.4. The normalized spacial score (nSPS) is 20.3. The summed E-state index contributed by atoms with van der Waals surface area (Å²) in [5, 5.41) is 2.75. The Morgan fingerprint density at radius 2 is 1.49 bits per heavy atom. The number of alkyl halides is 1. The molecular weight excluding hydrogens is 511 g/mol. The number of hydrazine groups is 1. The van der Waals surface area contributed by atoms with Gasteiger partial charge in [0.05, 0.1) is 11.8 Å². The topological polar surface area (TPSA) is 74.8 Å². The van der Waals surface area contributed by atoms with E-state index in [9.17, 15) is 19.2 Å². The molecule has 1 heterocycles. The predicted molar refractivity (Wildman–Crippen MR) is 134 cm³/mol. The maximum Gasteiger partial charge on any atom is 0.273 e. The molecule has 2 aromatic carbocycles. The van der Waals surface area contributed by atoms with E-state index in [0.29, 0.717) is 22.9 Å². The Hall–Kier alpha value is -2.67. The predicted octanol–water partition coefficient (Wildman–Crippen LogP) is 5.57. The van der Waals surface area contributed by atoms with Crippen LogP contribution in [-0.4, -0.2) is 45.4 Å². The van der Waals surface area contributed by atoms with Crippen molar-refractivity contribution in [2.45, 2.75) is 32.2 Å². The molecule has 0 spiro atoms. The number of allylic oxidation sites excluding steroid dienone is 2. The van der Waals surface area contributed by atoms with Crippen molar-refractivity contribution in [2.75, 3.05) is 5.88 Å². The van der Waals surface area contributed by atoms with E-state index in [4.69, 9.17) is 34.8 Å². The van der Waals surface area contributed by atoms with Crippen LogP contribution in [-0.2, 0) is 9.59 Å². The third-order valence-electron chi connectivity index (χ3n) is 6.42. The third-order valence-corrected chi connectivity index (χ3v) is 7.15. The first-order valence-electron chi connectivity index (χ1n) is 11.2. The molecular formula is C26H23Cl3N2O4. The number of halogens is 3. The molecule has 1 fully saturated rings. The molecule has 3 atom stereocenters. The van der Waals surface area contributed by atoms with Crippen LogP contribution in [0.2, 0.25) is 10.0 Å². The summed E-state index contributed by atoms with van der Waals surface area (Å²) in [6.07, 6.45) is 2.81. The number of benzene rings is 2. The number of hydrogen-bond donors (Lipinski definition) is 0. The number of nitrogens with zero attached hydrogens (tertiary/aromatic N) is 2. The highest BCUT2D eigenvalue weighted by Gasteiger charge is 2.53. The third kappa shape index (κ3) is 5.01. The number of carbonyl (C=O) groups excluding carboxylic acids is 4. The zero-order valence-corrected chi connectivity index (χ0v) is 21.2. The molecule has 3 amide bonds. The quantitative estimate of drug-likeness (QED) is 0.202. The molecule has 6 nitrogen and oxygen atoms in total. The van der Waals surface area contributed by atoms with E-state index in [1.165, 1.54) is 36.4 Å². The van der Waals surface area contributed by atoms with Gasteiger partial charge in [-0.05, 0) is 74.7 Å². The average Bonchev–Trinajstić information content (AvgIpc) is 3.08. The molecule has 1 saturated heterocycles. The minimum atomic E-state index is -1.18. The Morgan fingerprint density at radius 3 is 2.06 bits per heavy atom. The number of amides is 3. The summed E-state index contributed by atoms with van der Waals surface area (Å²) in [7, 11) is 0. The van der Waals surface area contributed by atoms with Crippen LogP contribution in [0, 0.1) is 11.8 Å². The van der Waals surface area contributed by atoms with Crippen LogP contribution >= 0.6 is 34.8 Å². The molecule has 35 heavy (non-hydrogen) atoms. The molecule has 9 heteroatoms. The molecule has 0 radical (unpaired) electrons. The maximum atomic E-state index is 13.8. The van der Waals surface area contributed by atoms with Gasteiger partial charge in [0.1, 0.15) is 6.04 Å². The molecule has 182 valence electrons. The van der Waals surface area contributed by atoms with Gasteiger partial charge in [0.25, 0.3) is 17.7 Å². The Kier molecular flexibility index (Phi) is 7.64. The van der Waals surface area contributed by atoms with E-state index >= 15 is 0 Å². The van der Waals surface area contributed by atoms with Gasteiger partial charge in [0.2, 0.25) is 0 Å². The van der Waals surface area contributed by atoms with Crippen molar-refractivity contribution in [3.63, 3.8) is 0 Å². The molecule has 1 aliphatic heterocycles. The van der Waals surface area contributed by atoms with Crippen LogP contribution in [0.1, 0.15) is 46.9 Å². The first-order chi connectivity index (χ1) is 16.7. The van der Waals surface area contributed by atoms with Crippen LogP contribution in [0.4, 0.5) is 0 Å². The number of hydrogen-bond acceptors (Lipinski definition) is 4. The van der Waals surface area contributed by atoms with Gasteiger partial charge in [-0.1, -0.05) is 34.9 Å². The van der Waals surface area contributed by atoms with E-state index in [-0.39, 0.29) is 23.4 Å². The number of fused-ring (bicyclic) bond motifs is 1. The highest BCUT2D eigenvalue weighted by molar-refractivity contribution is 6.31. The maximum absolute atomic E-state index is 13.8. The van der Waals surface area contributed by atoms with Gasteiger partial charge in [-0.25, -0.2) is 5.01 Å². The summed E-state index contributed by atoms with van der Waals surface area (Å²) in [5.41, 5.74) is 1.48. The lowest BCUT2D eigenvalue weighted by molar-refractivity contribution is -0.156. The fraction of sp³-hybridized carbons (Fsp3) is 0.308. The summed E-state index contributed by atoms with van der Waals surface area (Å²) in [6.45, 7) is 1.91. The second-order valence-corrected chi connectivity index (χ2v) is 9.96. The van der Waals surface area contributed by atoms with Gasteiger partial charge >= 0.3 is 0 Å². The molecule has 0 unspecified atom stereocenters. The molecule has 0 N–H and O–H groups in total. The summed E-state index contributed by atoms with van der Waals surface area (Å²) < 4.78 is 0. The first-order valence-corrected chi connectivity index (χ1v) is 12.5. The average molecular weight is 534 g/mol. The summed E-state index contributed by atoms with van der Waals surface area (Å²) >= 11 is 18.0. The fourth-order valence-corrected chi connectivity index (χ4v) is 5.06. The number of carbonyl (C=O) groups is 4. The molecule has 2 aliphatic rings. The van der Waals surface area contributed by atoms with Crippen molar-refractivity contribution in [1.82, 2.24) is 10.0 Å². The van der Waals surface area contributed by atoms with Gasteiger partial charge in [-0.3, -0.25) is 19.2 Å². The van der Waals surface area contributed by atoms with Gasteiger partial charge in [-0.2, -0.15) is 5.01 Å². The van der Waals surface area contributed by atoms with Crippen molar-refractivity contribution >= 4 is 58.3 Å². The highest BCUT2D eigenvalue weighted by Crippen LogP contribution is 2.39. The van der Waals surface area contributed by atoms with Gasteiger partial charge in [0.15, 0.2) is 5.78 Å². The lowest BCUT2D eigenvalue weighted by atomic mass is 9.82. The Bertz CT molecular complexity index is 1190. The molecule has 0 aromatic heterocycles. The van der Waals surface area contributed by atoms with Gasteiger partial charge in [0, 0.05) is 27.1 Å². The van der Waals surface area contributed by atoms with E-state index < -0.39 is 41.4 Å². The van der Waals surface area contributed by atoms with E-state index in [2.05, 4.69) is 0 Å². The van der Waals surface area contributed by atoms with Crippen LogP contribution in [0.15, 0.2) is 60.2 Å². The zero-order chi connectivity index (χ0) is 25.3. The smallest absolute Gasteiger partial charge is 0.273 e. The molecule has 1 aliphatic carbocycles.